The Kier molecular flexibility index (Phi) is 5.03. The van der Waals surface area contributed by atoms with Crippen molar-refractivity contribution in [1.82, 2.24) is 15.0 Å². The molecule has 0 aliphatic heterocycles. The zero-order chi connectivity index (χ0) is 15.2. The van der Waals surface area contributed by atoms with Crippen LogP contribution in [0.2, 0.25) is 0 Å². The fourth-order valence-electron chi connectivity index (χ4n) is 2.12. The van der Waals surface area contributed by atoms with Crippen molar-refractivity contribution in [3.8, 4) is 0 Å². The normalized spacial score (nSPS) is 10.8. The molecule has 1 N–H and O–H groups in total. The maximum Gasteiger partial charge on any atom is 0.303 e. The van der Waals surface area contributed by atoms with Gasteiger partial charge < -0.3 is 5.11 Å². The van der Waals surface area contributed by atoms with Gasteiger partial charge in [0.2, 0.25) is 0 Å². The lowest BCUT2D eigenvalue weighted by Gasteiger charge is -2.05. The monoisotopic (exact) mass is 291 g/mol. The summed E-state index contributed by atoms with van der Waals surface area (Å²) in [6, 6.07) is 4.68. The highest BCUT2D eigenvalue weighted by Crippen LogP contribution is 2.12. The summed E-state index contributed by atoms with van der Waals surface area (Å²) in [6.07, 6.45) is 4.17. The minimum atomic E-state index is -0.773. The lowest BCUT2D eigenvalue weighted by molar-refractivity contribution is -0.137. The van der Waals surface area contributed by atoms with Gasteiger partial charge in [-0.2, -0.15) is 0 Å². The Morgan fingerprint density at radius 2 is 2.19 bits per heavy atom. The van der Waals surface area contributed by atoms with E-state index in [2.05, 4.69) is 10.3 Å². The zero-order valence-electron chi connectivity index (χ0n) is 11.9. The summed E-state index contributed by atoms with van der Waals surface area (Å²) >= 11 is 0. The molecule has 1 aromatic heterocycles. The molecule has 21 heavy (non-hydrogen) atoms. The van der Waals surface area contributed by atoms with Crippen molar-refractivity contribution in [2.24, 2.45) is 0 Å². The minimum Gasteiger partial charge on any atom is -0.481 e. The first kappa shape index (κ1) is 15.2. The first-order valence-electron chi connectivity index (χ1n) is 6.90. The Bertz CT molecular complexity index is 625. The lowest BCUT2D eigenvalue weighted by atomic mass is 10.1. The van der Waals surface area contributed by atoms with Gasteiger partial charge in [0.25, 0.3) is 0 Å². The average Bonchev–Trinajstić information content (AvgIpc) is 2.85. The molecule has 0 fully saturated rings. The Hall–Kier alpha value is -2.24. The van der Waals surface area contributed by atoms with Crippen LogP contribution in [-0.4, -0.2) is 26.1 Å². The third-order valence-corrected chi connectivity index (χ3v) is 3.30. The van der Waals surface area contributed by atoms with Crippen LogP contribution in [0.3, 0.4) is 0 Å². The van der Waals surface area contributed by atoms with Crippen LogP contribution in [0, 0.1) is 12.7 Å². The standard InChI is InChI=1S/C15H18FN3O2/c1-11-8-13(16)7-6-12(11)9-19-10-14(17-18-19)4-2-3-5-15(20)21/h6-8,10H,2-5,9H2,1H3,(H,20,21). The van der Waals surface area contributed by atoms with Crippen molar-refractivity contribution in [2.75, 3.05) is 0 Å². The molecule has 0 unspecified atom stereocenters. The van der Waals surface area contributed by atoms with Crippen molar-refractivity contribution in [1.29, 1.82) is 0 Å². The molecule has 0 radical (unpaired) electrons. The van der Waals surface area contributed by atoms with Gasteiger partial charge in [-0.25, -0.2) is 9.07 Å². The highest BCUT2D eigenvalue weighted by atomic mass is 19.1. The van der Waals surface area contributed by atoms with E-state index in [4.69, 9.17) is 5.11 Å². The number of carboxylic acid groups (broad SMARTS) is 1. The summed E-state index contributed by atoms with van der Waals surface area (Å²) in [5.74, 6) is -1.01. The van der Waals surface area contributed by atoms with Crippen LogP contribution in [0.25, 0.3) is 0 Å². The fourth-order valence-corrected chi connectivity index (χ4v) is 2.12. The highest BCUT2D eigenvalue weighted by molar-refractivity contribution is 5.66. The lowest BCUT2D eigenvalue weighted by Crippen LogP contribution is -2.02. The van der Waals surface area contributed by atoms with Crippen LogP contribution < -0.4 is 0 Å². The third-order valence-electron chi connectivity index (χ3n) is 3.30. The Labute approximate surface area is 122 Å². The minimum absolute atomic E-state index is 0.183. The second-order valence-electron chi connectivity index (χ2n) is 5.08. The summed E-state index contributed by atoms with van der Waals surface area (Å²) in [4.78, 5) is 10.4. The molecule has 0 bridgehead atoms. The first-order valence-corrected chi connectivity index (χ1v) is 6.90. The van der Waals surface area contributed by atoms with Gasteiger partial charge in [0.15, 0.2) is 0 Å². The Morgan fingerprint density at radius 3 is 2.90 bits per heavy atom. The smallest absolute Gasteiger partial charge is 0.303 e. The molecule has 1 aromatic carbocycles. The van der Waals surface area contributed by atoms with Gasteiger partial charge >= 0.3 is 5.97 Å². The average molecular weight is 291 g/mol. The van der Waals surface area contributed by atoms with E-state index in [1.807, 2.05) is 13.1 Å². The van der Waals surface area contributed by atoms with E-state index in [-0.39, 0.29) is 12.2 Å². The van der Waals surface area contributed by atoms with Crippen molar-refractivity contribution in [3.63, 3.8) is 0 Å². The van der Waals surface area contributed by atoms with E-state index in [9.17, 15) is 9.18 Å². The predicted molar refractivity (Wildman–Crippen MR) is 75.5 cm³/mol. The molecule has 0 spiro atoms. The van der Waals surface area contributed by atoms with Gasteiger partial charge in [-0.15, -0.1) is 5.10 Å². The van der Waals surface area contributed by atoms with Gasteiger partial charge in [0.05, 0.1) is 12.2 Å². The number of carboxylic acids is 1. The number of carbonyl (C=O) groups is 1. The van der Waals surface area contributed by atoms with Crippen molar-refractivity contribution in [2.45, 2.75) is 39.2 Å². The van der Waals surface area contributed by atoms with Gasteiger partial charge in [0.1, 0.15) is 5.82 Å². The molecule has 2 aromatic rings. The van der Waals surface area contributed by atoms with E-state index in [1.54, 1.807) is 10.7 Å². The molecule has 0 aliphatic carbocycles. The molecule has 0 saturated heterocycles. The second-order valence-corrected chi connectivity index (χ2v) is 5.08. The Balaban J connectivity index is 1.89. The largest absolute Gasteiger partial charge is 0.481 e. The number of halogens is 1. The Morgan fingerprint density at radius 1 is 1.38 bits per heavy atom. The van der Waals surface area contributed by atoms with Gasteiger partial charge in [-0.3, -0.25) is 4.79 Å². The molecule has 0 amide bonds. The van der Waals surface area contributed by atoms with E-state index in [0.29, 0.717) is 13.0 Å². The van der Waals surface area contributed by atoms with Crippen molar-refractivity contribution >= 4 is 5.97 Å². The van der Waals surface area contributed by atoms with Crippen LogP contribution in [0.4, 0.5) is 4.39 Å². The summed E-state index contributed by atoms with van der Waals surface area (Å²) in [7, 11) is 0. The zero-order valence-corrected chi connectivity index (χ0v) is 11.9. The number of rotatable bonds is 7. The number of aliphatic carboxylic acids is 1. The van der Waals surface area contributed by atoms with Crippen LogP contribution in [0.5, 0.6) is 0 Å². The SMILES string of the molecule is Cc1cc(F)ccc1Cn1cc(CCCCC(=O)O)nn1. The number of aryl methyl sites for hydroxylation is 2. The van der Waals surface area contributed by atoms with Gasteiger partial charge in [0, 0.05) is 12.6 Å². The number of unbranched alkanes of at least 4 members (excludes halogenated alkanes) is 1. The van der Waals surface area contributed by atoms with Gasteiger partial charge in [-0.05, 0) is 49.4 Å². The predicted octanol–water partition coefficient (Wildman–Crippen LogP) is 2.57. The molecule has 6 heteroatoms. The number of aromatic nitrogens is 3. The molecule has 0 atom stereocenters. The van der Waals surface area contributed by atoms with E-state index in [0.717, 1.165) is 29.7 Å². The van der Waals surface area contributed by atoms with E-state index in [1.165, 1.54) is 12.1 Å². The van der Waals surface area contributed by atoms with Crippen molar-refractivity contribution < 1.29 is 14.3 Å². The number of hydrogen-bond donors (Lipinski definition) is 1. The topological polar surface area (TPSA) is 68.0 Å². The van der Waals surface area contributed by atoms with E-state index >= 15 is 0 Å². The molecule has 1 heterocycles. The third kappa shape index (κ3) is 4.66. The number of hydrogen-bond acceptors (Lipinski definition) is 3. The summed E-state index contributed by atoms with van der Waals surface area (Å²) in [6.45, 7) is 2.41. The summed E-state index contributed by atoms with van der Waals surface area (Å²) < 4.78 is 14.8. The summed E-state index contributed by atoms with van der Waals surface area (Å²) in [5.41, 5.74) is 2.73. The fraction of sp³-hybridized carbons (Fsp3) is 0.400. The van der Waals surface area contributed by atoms with Crippen LogP contribution in [-0.2, 0) is 17.8 Å². The van der Waals surface area contributed by atoms with Crippen LogP contribution in [0.15, 0.2) is 24.4 Å². The van der Waals surface area contributed by atoms with Crippen molar-refractivity contribution in [3.05, 3.63) is 47.0 Å². The maximum absolute atomic E-state index is 13.0. The molecule has 0 aliphatic rings. The highest BCUT2D eigenvalue weighted by Gasteiger charge is 2.05. The second kappa shape index (κ2) is 6.97. The first-order chi connectivity index (χ1) is 10.0. The van der Waals surface area contributed by atoms with Gasteiger partial charge in [-0.1, -0.05) is 11.3 Å². The quantitative estimate of drug-likeness (QED) is 0.796. The summed E-state index contributed by atoms with van der Waals surface area (Å²) in [5, 5.41) is 16.7. The molecular formula is C15H18FN3O2. The van der Waals surface area contributed by atoms with Crippen LogP contribution in [0.1, 0.15) is 36.1 Å². The van der Waals surface area contributed by atoms with Crippen LogP contribution >= 0.6 is 0 Å². The number of benzene rings is 1. The molecule has 2 rings (SSSR count). The van der Waals surface area contributed by atoms with E-state index < -0.39 is 5.97 Å². The molecule has 5 nitrogen and oxygen atoms in total. The molecule has 112 valence electrons. The maximum atomic E-state index is 13.0. The molecular weight excluding hydrogens is 273 g/mol. The molecule has 0 saturated carbocycles. The number of nitrogens with zero attached hydrogens (tertiary/aromatic N) is 3.